The fourth-order valence-corrected chi connectivity index (χ4v) is 3.50. The van der Waals surface area contributed by atoms with Crippen molar-refractivity contribution in [3.05, 3.63) is 52.9 Å². The van der Waals surface area contributed by atoms with Gasteiger partial charge < -0.3 is 19.4 Å². The number of methoxy groups -OCH3 is 1. The third-order valence-electron chi connectivity index (χ3n) is 3.96. The van der Waals surface area contributed by atoms with Gasteiger partial charge in [-0.15, -0.1) is 10.2 Å². The maximum Gasteiger partial charge on any atom is 0.289 e. The molecule has 0 saturated carbocycles. The Hall–Kier alpha value is -2.56. The number of hydrogen-bond donors (Lipinski definition) is 1. The number of anilines is 1. The maximum absolute atomic E-state index is 12.5. The molecule has 0 saturated heterocycles. The maximum atomic E-state index is 12.5. The van der Waals surface area contributed by atoms with Crippen molar-refractivity contribution in [3.8, 4) is 10.6 Å². The second-order valence-electron chi connectivity index (χ2n) is 5.98. The van der Waals surface area contributed by atoms with Crippen LogP contribution in [0.1, 0.15) is 17.0 Å². The zero-order chi connectivity index (χ0) is 20.6. The first-order valence-corrected chi connectivity index (χ1v) is 10.4. The summed E-state index contributed by atoms with van der Waals surface area (Å²) >= 11 is 4.68. The van der Waals surface area contributed by atoms with Crippen LogP contribution in [0.2, 0.25) is 0 Å². The number of furan rings is 1. The number of carbonyl (C=O) groups is 2. The minimum absolute atomic E-state index is 0.114. The quantitative estimate of drug-likeness (QED) is 0.503. The normalized spacial score (nSPS) is 10.7. The Labute approximate surface area is 180 Å². The van der Waals surface area contributed by atoms with Crippen molar-refractivity contribution in [2.75, 3.05) is 32.1 Å². The molecule has 8 nitrogen and oxygen atoms in total. The molecule has 1 N–H and O–H groups in total. The standard InChI is InChI=1S/C19H19BrN4O4S/c1-27-12-10-24(18(26)15-3-2-11-28-15)9-8-16(25)21-19-23-22-17(29-19)13-4-6-14(20)7-5-13/h2-7,11H,8-10,12H2,1H3,(H,21,23,25). The van der Waals surface area contributed by atoms with Gasteiger partial charge in [0.1, 0.15) is 5.01 Å². The monoisotopic (exact) mass is 478 g/mol. The largest absolute Gasteiger partial charge is 0.459 e. The minimum atomic E-state index is -0.284. The van der Waals surface area contributed by atoms with Crippen molar-refractivity contribution >= 4 is 44.2 Å². The molecule has 2 aromatic heterocycles. The number of rotatable bonds is 9. The number of aromatic nitrogens is 2. The van der Waals surface area contributed by atoms with E-state index in [-0.39, 0.29) is 30.5 Å². The van der Waals surface area contributed by atoms with Crippen LogP contribution in [-0.2, 0) is 9.53 Å². The summed E-state index contributed by atoms with van der Waals surface area (Å²) < 4.78 is 11.2. The lowest BCUT2D eigenvalue weighted by atomic mass is 10.2. The fraction of sp³-hybridized carbons (Fsp3) is 0.263. The van der Waals surface area contributed by atoms with Crippen molar-refractivity contribution in [2.24, 2.45) is 0 Å². The number of nitrogens with one attached hydrogen (secondary N) is 1. The predicted octanol–water partition coefficient (Wildman–Crippen LogP) is 3.68. The average Bonchev–Trinajstić information content (AvgIpc) is 3.40. The Bertz CT molecular complexity index is 944. The first kappa shape index (κ1) is 21.2. The summed E-state index contributed by atoms with van der Waals surface area (Å²) in [5, 5.41) is 12.0. The Morgan fingerprint density at radius 2 is 2.00 bits per heavy atom. The highest BCUT2D eigenvalue weighted by molar-refractivity contribution is 9.10. The van der Waals surface area contributed by atoms with Crippen LogP contribution in [0.3, 0.4) is 0 Å². The van der Waals surface area contributed by atoms with E-state index in [0.29, 0.717) is 23.3 Å². The smallest absolute Gasteiger partial charge is 0.289 e. The first-order valence-electron chi connectivity index (χ1n) is 8.78. The van der Waals surface area contributed by atoms with Crippen LogP contribution in [0.15, 0.2) is 51.6 Å². The number of hydrogen-bond acceptors (Lipinski definition) is 7. The van der Waals surface area contributed by atoms with Crippen LogP contribution in [0.5, 0.6) is 0 Å². The summed E-state index contributed by atoms with van der Waals surface area (Å²) in [6.45, 7) is 0.948. The zero-order valence-electron chi connectivity index (χ0n) is 15.6. The molecule has 0 aliphatic rings. The van der Waals surface area contributed by atoms with Gasteiger partial charge >= 0.3 is 0 Å². The first-order chi connectivity index (χ1) is 14.1. The molecule has 0 fully saturated rings. The van der Waals surface area contributed by atoms with E-state index < -0.39 is 0 Å². The van der Waals surface area contributed by atoms with Crippen LogP contribution >= 0.6 is 27.3 Å². The molecule has 0 aliphatic heterocycles. The number of ether oxygens (including phenoxy) is 1. The van der Waals surface area contributed by atoms with Gasteiger partial charge in [-0.2, -0.15) is 0 Å². The van der Waals surface area contributed by atoms with E-state index in [1.807, 2.05) is 24.3 Å². The molecular formula is C19H19BrN4O4S. The number of benzene rings is 1. The number of carbonyl (C=O) groups excluding carboxylic acids is 2. The average molecular weight is 479 g/mol. The van der Waals surface area contributed by atoms with Crippen molar-refractivity contribution in [2.45, 2.75) is 6.42 Å². The highest BCUT2D eigenvalue weighted by Gasteiger charge is 2.19. The van der Waals surface area contributed by atoms with E-state index in [1.165, 1.54) is 22.5 Å². The van der Waals surface area contributed by atoms with E-state index in [0.717, 1.165) is 10.0 Å². The third-order valence-corrected chi connectivity index (χ3v) is 5.37. The molecule has 0 radical (unpaired) electrons. The van der Waals surface area contributed by atoms with Crippen LogP contribution < -0.4 is 5.32 Å². The van der Waals surface area contributed by atoms with Gasteiger partial charge in [0, 0.05) is 36.7 Å². The molecule has 0 spiro atoms. The number of halogens is 1. The second-order valence-corrected chi connectivity index (χ2v) is 7.87. The van der Waals surface area contributed by atoms with E-state index >= 15 is 0 Å². The summed E-state index contributed by atoms with van der Waals surface area (Å²) in [5.41, 5.74) is 0.918. The Balaban J connectivity index is 1.56. The van der Waals surface area contributed by atoms with Crippen molar-refractivity contribution < 1.29 is 18.7 Å². The van der Waals surface area contributed by atoms with Crippen molar-refractivity contribution in [1.29, 1.82) is 0 Å². The third kappa shape index (κ3) is 5.96. The molecule has 152 valence electrons. The van der Waals surface area contributed by atoms with Gasteiger partial charge in [-0.1, -0.05) is 39.4 Å². The summed E-state index contributed by atoms with van der Waals surface area (Å²) in [5.74, 6) is -0.309. The molecule has 0 aliphatic carbocycles. The molecule has 10 heteroatoms. The molecule has 1 aromatic carbocycles. The minimum Gasteiger partial charge on any atom is -0.459 e. The summed E-state index contributed by atoms with van der Waals surface area (Å²) in [6, 6.07) is 10.9. The van der Waals surface area contributed by atoms with E-state index in [4.69, 9.17) is 9.15 Å². The molecule has 0 unspecified atom stereocenters. The topological polar surface area (TPSA) is 97.6 Å². The van der Waals surface area contributed by atoms with Gasteiger partial charge in [-0.05, 0) is 24.3 Å². The highest BCUT2D eigenvalue weighted by atomic mass is 79.9. The molecule has 2 amide bonds. The second kappa shape index (κ2) is 10.3. The van der Waals surface area contributed by atoms with Gasteiger partial charge in [0.05, 0.1) is 12.9 Å². The van der Waals surface area contributed by atoms with E-state index in [9.17, 15) is 9.59 Å². The van der Waals surface area contributed by atoms with Crippen molar-refractivity contribution in [3.63, 3.8) is 0 Å². The van der Waals surface area contributed by atoms with Crippen LogP contribution in [0, 0.1) is 0 Å². The van der Waals surface area contributed by atoms with Gasteiger partial charge in [-0.25, -0.2) is 0 Å². The van der Waals surface area contributed by atoms with Crippen LogP contribution in [0.4, 0.5) is 5.13 Å². The molecule has 3 rings (SSSR count). The fourth-order valence-electron chi connectivity index (χ4n) is 2.47. The lowest BCUT2D eigenvalue weighted by Crippen LogP contribution is -2.36. The highest BCUT2D eigenvalue weighted by Crippen LogP contribution is 2.27. The summed E-state index contributed by atoms with van der Waals surface area (Å²) in [4.78, 5) is 26.3. The Morgan fingerprint density at radius 3 is 2.69 bits per heavy atom. The predicted molar refractivity (Wildman–Crippen MR) is 113 cm³/mol. The summed E-state index contributed by atoms with van der Waals surface area (Å²) in [6.07, 6.45) is 1.55. The molecular weight excluding hydrogens is 460 g/mol. The van der Waals surface area contributed by atoms with Crippen LogP contribution in [-0.4, -0.2) is 53.7 Å². The van der Waals surface area contributed by atoms with E-state index in [2.05, 4.69) is 31.4 Å². The number of amides is 2. The van der Waals surface area contributed by atoms with E-state index in [1.54, 1.807) is 19.2 Å². The lowest BCUT2D eigenvalue weighted by molar-refractivity contribution is -0.116. The SMILES string of the molecule is COCCN(CCC(=O)Nc1nnc(-c2ccc(Br)cc2)s1)C(=O)c1ccco1. The zero-order valence-corrected chi connectivity index (χ0v) is 18.0. The molecule has 29 heavy (non-hydrogen) atoms. The number of nitrogens with zero attached hydrogens (tertiary/aromatic N) is 3. The summed E-state index contributed by atoms with van der Waals surface area (Å²) in [7, 11) is 1.56. The lowest BCUT2D eigenvalue weighted by Gasteiger charge is -2.20. The molecule has 3 aromatic rings. The van der Waals surface area contributed by atoms with Crippen LogP contribution in [0.25, 0.3) is 10.6 Å². The van der Waals surface area contributed by atoms with Gasteiger partial charge in [-0.3, -0.25) is 9.59 Å². The Morgan fingerprint density at radius 1 is 1.21 bits per heavy atom. The van der Waals surface area contributed by atoms with Gasteiger partial charge in [0.25, 0.3) is 5.91 Å². The molecule has 0 atom stereocenters. The van der Waals surface area contributed by atoms with Crippen molar-refractivity contribution in [1.82, 2.24) is 15.1 Å². The Kier molecular flexibility index (Phi) is 7.50. The molecule has 2 heterocycles. The van der Waals surface area contributed by atoms with Gasteiger partial charge in [0.2, 0.25) is 11.0 Å². The molecule has 0 bridgehead atoms. The van der Waals surface area contributed by atoms with Gasteiger partial charge in [0.15, 0.2) is 5.76 Å².